The maximum Gasteiger partial charge on any atom is 0.0101 e. The molecule has 0 saturated carbocycles. The lowest BCUT2D eigenvalue weighted by Crippen LogP contribution is -2.00. The van der Waals surface area contributed by atoms with Crippen molar-refractivity contribution in [1.82, 2.24) is 0 Å². The quantitative estimate of drug-likeness (QED) is 0.721. The molecule has 1 aromatic carbocycles. The van der Waals surface area contributed by atoms with Crippen LogP contribution in [0.4, 0.5) is 0 Å². The third kappa shape index (κ3) is 2.54. The molecule has 0 bridgehead atoms. The van der Waals surface area contributed by atoms with E-state index in [1.165, 1.54) is 10.5 Å². The maximum absolute atomic E-state index is 5.46. The molecule has 0 spiro atoms. The summed E-state index contributed by atoms with van der Waals surface area (Å²) in [6.07, 6.45) is 4.30. The number of hydrogen-bond acceptors (Lipinski definition) is 2. The normalized spacial score (nSPS) is 10.2. The number of benzene rings is 1. The minimum Gasteiger partial charge on any atom is -0.330 e. The molecule has 0 amide bonds. The monoisotopic (exact) mass is 181 g/mol. The fourth-order valence-corrected chi connectivity index (χ4v) is 1.85. The molecule has 0 aliphatic heterocycles. The number of thioether (sulfide) groups is 1. The van der Waals surface area contributed by atoms with Crippen molar-refractivity contribution in [1.29, 1.82) is 0 Å². The second kappa shape index (κ2) is 5.22. The van der Waals surface area contributed by atoms with Gasteiger partial charge >= 0.3 is 0 Å². The van der Waals surface area contributed by atoms with E-state index in [-0.39, 0.29) is 0 Å². The van der Waals surface area contributed by atoms with E-state index in [4.69, 9.17) is 5.73 Å². The fraction of sp³-hybridized carbons (Fsp3) is 0.400. The summed E-state index contributed by atoms with van der Waals surface area (Å²) in [6, 6.07) is 8.52. The second-order valence-corrected chi connectivity index (χ2v) is 3.55. The van der Waals surface area contributed by atoms with Crippen LogP contribution < -0.4 is 5.73 Å². The zero-order chi connectivity index (χ0) is 8.81. The summed E-state index contributed by atoms with van der Waals surface area (Å²) >= 11 is 1.81. The van der Waals surface area contributed by atoms with E-state index in [0.29, 0.717) is 0 Å². The molecule has 0 aliphatic carbocycles. The Labute approximate surface area is 78.4 Å². The standard InChI is InChI=1S/C10H15NS/c1-12-10-7-3-2-5-9(10)6-4-8-11/h2-3,5,7H,4,6,8,11H2,1H3. The SMILES string of the molecule is CSc1ccccc1CCCN. The van der Waals surface area contributed by atoms with Crippen molar-refractivity contribution in [3.05, 3.63) is 29.8 Å². The van der Waals surface area contributed by atoms with Gasteiger partial charge in [-0.1, -0.05) is 18.2 Å². The molecule has 0 aromatic heterocycles. The summed E-state index contributed by atoms with van der Waals surface area (Å²) in [5.41, 5.74) is 6.89. The molecule has 0 saturated heterocycles. The van der Waals surface area contributed by atoms with Gasteiger partial charge in [-0.15, -0.1) is 11.8 Å². The molecule has 66 valence electrons. The van der Waals surface area contributed by atoms with Gasteiger partial charge in [-0.05, 0) is 37.3 Å². The highest BCUT2D eigenvalue weighted by Crippen LogP contribution is 2.20. The van der Waals surface area contributed by atoms with Crippen LogP contribution in [0.2, 0.25) is 0 Å². The van der Waals surface area contributed by atoms with E-state index >= 15 is 0 Å². The summed E-state index contributed by atoms with van der Waals surface area (Å²) in [4.78, 5) is 1.38. The van der Waals surface area contributed by atoms with Crippen LogP contribution in [0.25, 0.3) is 0 Å². The maximum atomic E-state index is 5.46. The topological polar surface area (TPSA) is 26.0 Å². The first-order valence-electron chi connectivity index (χ1n) is 4.20. The Kier molecular flexibility index (Phi) is 4.19. The van der Waals surface area contributed by atoms with Gasteiger partial charge in [0.25, 0.3) is 0 Å². The molecule has 0 unspecified atom stereocenters. The highest BCUT2D eigenvalue weighted by atomic mass is 32.2. The van der Waals surface area contributed by atoms with Crippen LogP contribution >= 0.6 is 11.8 Å². The van der Waals surface area contributed by atoms with Gasteiger partial charge in [0.2, 0.25) is 0 Å². The van der Waals surface area contributed by atoms with Crippen LogP contribution in [0.3, 0.4) is 0 Å². The molecular formula is C10H15NS. The molecule has 2 N–H and O–H groups in total. The number of hydrogen-bond donors (Lipinski definition) is 1. The third-order valence-electron chi connectivity index (χ3n) is 1.84. The first-order chi connectivity index (χ1) is 5.88. The van der Waals surface area contributed by atoms with Gasteiger partial charge in [0.15, 0.2) is 0 Å². The first kappa shape index (κ1) is 9.62. The Morgan fingerprint density at radius 3 is 2.75 bits per heavy atom. The third-order valence-corrected chi connectivity index (χ3v) is 2.68. The zero-order valence-corrected chi connectivity index (χ0v) is 8.23. The molecular weight excluding hydrogens is 166 g/mol. The molecule has 0 heterocycles. The summed E-state index contributed by atoms with van der Waals surface area (Å²) in [6.45, 7) is 0.780. The van der Waals surface area contributed by atoms with Crippen LogP contribution in [0.15, 0.2) is 29.2 Å². The van der Waals surface area contributed by atoms with E-state index in [1.807, 2.05) is 0 Å². The number of aryl methyl sites for hydroxylation is 1. The van der Waals surface area contributed by atoms with E-state index in [2.05, 4.69) is 30.5 Å². The Hall–Kier alpha value is -0.470. The highest BCUT2D eigenvalue weighted by molar-refractivity contribution is 7.98. The summed E-state index contributed by atoms with van der Waals surface area (Å²) in [5, 5.41) is 0. The Morgan fingerprint density at radius 2 is 2.08 bits per heavy atom. The molecule has 12 heavy (non-hydrogen) atoms. The van der Waals surface area contributed by atoms with Gasteiger partial charge in [-0.25, -0.2) is 0 Å². The lowest BCUT2D eigenvalue weighted by Gasteiger charge is -2.05. The number of rotatable bonds is 4. The second-order valence-electron chi connectivity index (χ2n) is 2.70. The first-order valence-corrected chi connectivity index (χ1v) is 5.43. The van der Waals surface area contributed by atoms with Gasteiger partial charge in [0.1, 0.15) is 0 Å². The smallest absolute Gasteiger partial charge is 0.0101 e. The predicted molar refractivity (Wildman–Crippen MR) is 55.6 cm³/mol. The zero-order valence-electron chi connectivity index (χ0n) is 7.42. The van der Waals surface area contributed by atoms with Crippen molar-refractivity contribution in [2.45, 2.75) is 17.7 Å². The van der Waals surface area contributed by atoms with E-state index in [1.54, 1.807) is 11.8 Å². The van der Waals surface area contributed by atoms with Gasteiger partial charge in [0, 0.05) is 4.90 Å². The van der Waals surface area contributed by atoms with E-state index in [9.17, 15) is 0 Å². The Morgan fingerprint density at radius 1 is 1.33 bits per heavy atom. The van der Waals surface area contributed by atoms with Crippen molar-refractivity contribution >= 4 is 11.8 Å². The van der Waals surface area contributed by atoms with Gasteiger partial charge < -0.3 is 5.73 Å². The van der Waals surface area contributed by atoms with Crippen molar-refractivity contribution in [2.75, 3.05) is 12.8 Å². The van der Waals surface area contributed by atoms with Crippen LogP contribution in [0, 0.1) is 0 Å². The largest absolute Gasteiger partial charge is 0.330 e. The van der Waals surface area contributed by atoms with E-state index < -0.39 is 0 Å². The Bertz CT molecular complexity index is 235. The van der Waals surface area contributed by atoms with Crippen LogP contribution in [0.5, 0.6) is 0 Å². The van der Waals surface area contributed by atoms with Crippen molar-refractivity contribution < 1.29 is 0 Å². The highest BCUT2D eigenvalue weighted by Gasteiger charge is 1.98. The molecule has 2 heteroatoms. The lowest BCUT2D eigenvalue weighted by atomic mass is 10.1. The van der Waals surface area contributed by atoms with E-state index in [0.717, 1.165) is 19.4 Å². The molecule has 1 rings (SSSR count). The molecule has 1 aromatic rings. The summed E-state index contributed by atoms with van der Waals surface area (Å²) in [7, 11) is 0. The lowest BCUT2D eigenvalue weighted by molar-refractivity contribution is 0.821. The van der Waals surface area contributed by atoms with Crippen LogP contribution in [-0.2, 0) is 6.42 Å². The average molecular weight is 181 g/mol. The minimum absolute atomic E-state index is 0.780. The van der Waals surface area contributed by atoms with Crippen molar-refractivity contribution in [3.8, 4) is 0 Å². The average Bonchev–Trinajstić information content (AvgIpc) is 2.15. The fourth-order valence-electron chi connectivity index (χ4n) is 1.20. The summed E-state index contributed by atoms with van der Waals surface area (Å²) in [5.74, 6) is 0. The van der Waals surface area contributed by atoms with Gasteiger partial charge in [-0.3, -0.25) is 0 Å². The Balaban J connectivity index is 2.68. The number of nitrogens with two attached hydrogens (primary N) is 1. The molecule has 0 atom stereocenters. The van der Waals surface area contributed by atoms with Gasteiger partial charge in [-0.2, -0.15) is 0 Å². The minimum atomic E-state index is 0.780. The van der Waals surface area contributed by atoms with Crippen LogP contribution in [-0.4, -0.2) is 12.8 Å². The molecule has 0 radical (unpaired) electrons. The van der Waals surface area contributed by atoms with Crippen LogP contribution in [0.1, 0.15) is 12.0 Å². The van der Waals surface area contributed by atoms with Crippen molar-refractivity contribution in [3.63, 3.8) is 0 Å². The molecule has 1 nitrogen and oxygen atoms in total. The predicted octanol–water partition coefficient (Wildman–Crippen LogP) is 2.30. The molecule has 0 fully saturated rings. The van der Waals surface area contributed by atoms with Gasteiger partial charge in [0.05, 0.1) is 0 Å². The van der Waals surface area contributed by atoms with Crippen molar-refractivity contribution in [2.24, 2.45) is 5.73 Å². The summed E-state index contributed by atoms with van der Waals surface area (Å²) < 4.78 is 0. The molecule has 0 aliphatic rings.